The molecule has 1 amide bonds. The average Bonchev–Trinajstić information content (AvgIpc) is 2.96. The van der Waals surface area contributed by atoms with E-state index in [0.29, 0.717) is 16.4 Å². The Bertz CT molecular complexity index is 688. The first-order valence-electron chi connectivity index (χ1n) is 6.80. The van der Waals surface area contributed by atoms with Gasteiger partial charge < -0.3 is 4.74 Å². The first kappa shape index (κ1) is 15.9. The average molecular weight is 316 g/mol. The number of amides is 1. The van der Waals surface area contributed by atoms with Gasteiger partial charge in [0.15, 0.2) is 6.10 Å². The van der Waals surface area contributed by atoms with Crippen molar-refractivity contribution in [1.29, 1.82) is 5.26 Å². The Hall–Kier alpha value is -2.46. The maximum Gasteiger partial charge on any atom is 0.266 e. The molecule has 0 aliphatic heterocycles. The summed E-state index contributed by atoms with van der Waals surface area (Å²) in [6, 6.07) is 8.62. The Morgan fingerprint density at radius 2 is 1.95 bits per heavy atom. The molecule has 0 bridgehead atoms. The molecule has 0 spiro atoms. The number of anilines is 1. The van der Waals surface area contributed by atoms with Crippen LogP contribution in [0.3, 0.4) is 0 Å². The Kier molecular flexibility index (Phi) is 5.07. The second kappa shape index (κ2) is 7.00. The van der Waals surface area contributed by atoms with Crippen molar-refractivity contribution in [3.8, 4) is 11.8 Å². The predicted molar refractivity (Wildman–Crippen MR) is 83.9 cm³/mol. The van der Waals surface area contributed by atoms with Crippen LogP contribution >= 0.6 is 11.3 Å². The molecule has 7 heteroatoms. The molecule has 0 saturated carbocycles. The third-order valence-electron chi connectivity index (χ3n) is 2.83. The van der Waals surface area contributed by atoms with E-state index in [9.17, 15) is 4.79 Å². The van der Waals surface area contributed by atoms with Gasteiger partial charge in [-0.3, -0.25) is 10.1 Å². The SMILES string of the molecule is CC(Oc1ccc(C#N)cc1)C(=O)Nc1nnc(C(C)C)s1. The highest BCUT2D eigenvalue weighted by atomic mass is 32.1. The van der Waals surface area contributed by atoms with Crippen LogP contribution in [0.15, 0.2) is 24.3 Å². The molecule has 0 aliphatic rings. The fourth-order valence-electron chi connectivity index (χ4n) is 1.59. The number of nitrogens with one attached hydrogen (secondary N) is 1. The van der Waals surface area contributed by atoms with Gasteiger partial charge in [-0.05, 0) is 31.2 Å². The summed E-state index contributed by atoms with van der Waals surface area (Å²) in [6.45, 7) is 5.68. The molecule has 0 radical (unpaired) electrons. The second-order valence-electron chi connectivity index (χ2n) is 4.99. The summed E-state index contributed by atoms with van der Waals surface area (Å²) < 4.78 is 5.54. The van der Waals surface area contributed by atoms with Crippen molar-refractivity contribution in [1.82, 2.24) is 10.2 Å². The molecule has 1 heterocycles. The summed E-state index contributed by atoms with van der Waals surface area (Å²) in [6.07, 6.45) is -0.681. The highest BCUT2D eigenvalue weighted by molar-refractivity contribution is 7.15. The quantitative estimate of drug-likeness (QED) is 0.916. The minimum atomic E-state index is -0.681. The summed E-state index contributed by atoms with van der Waals surface area (Å²) in [7, 11) is 0. The molecule has 1 aromatic heterocycles. The Balaban J connectivity index is 1.94. The van der Waals surface area contributed by atoms with Crippen LogP contribution in [0.4, 0.5) is 5.13 Å². The molecule has 0 saturated heterocycles. The highest BCUT2D eigenvalue weighted by Gasteiger charge is 2.17. The second-order valence-corrected chi connectivity index (χ2v) is 5.99. The van der Waals surface area contributed by atoms with Gasteiger partial charge in [0, 0.05) is 5.92 Å². The molecule has 2 aromatic rings. The van der Waals surface area contributed by atoms with Gasteiger partial charge in [-0.15, -0.1) is 10.2 Å². The normalized spacial score (nSPS) is 11.8. The van der Waals surface area contributed by atoms with E-state index >= 15 is 0 Å². The van der Waals surface area contributed by atoms with E-state index in [0.717, 1.165) is 5.01 Å². The van der Waals surface area contributed by atoms with Crippen LogP contribution in [0.5, 0.6) is 5.75 Å². The predicted octanol–water partition coefficient (Wildman–Crippen LogP) is 2.94. The molecule has 1 N–H and O–H groups in total. The van der Waals surface area contributed by atoms with Crippen molar-refractivity contribution >= 4 is 22.4 Å². The lowest BCUT2D eigenvalue weighted by molar-refractivity contribution is -0.122. The van der Waals surface area contributed by atoms with Gasteiger partial charge in [-0.25, -0.2) is 0 Å². The van der Waals surface area contributed by atoms with E-state index in [-0.39, 0.29) is 11.8 Å². The molecule has 1 unspecified atom stereocenters. The van der Waals surface area contributed by atoms with E-state index in [1.54, 1.807) is 31.2 Å². The van der Waals surface area contributed by atoms with E-state index in [4.69, 9.17) is 10.00 Å². The molecule has 0 aliphatic carbocycles. The smallest absolute Gasteiger partial charge is 0.266 e. The molecule has 2 rings (SSSR count). The van der Waals surface area contributed by atoms with Crippen LogP contribution in [-0.4, -0.2) is 22.2 Å². The maximum atomic E-state index is 12.1. The number of carbonyl (C=O) groups excluding carboxylic acids is 1. The summed E-state index contributed by atoms with van der Waals surface area (Å²) in [5.41, 5.74) is 0.541. The zero-order valence-corrected chi connectivity index (χ0v) is 13.3. The summed E-state index contributed by atoms with van der Waals surface area (Å²) in [5, 5.41) is 20.7. The van der Waals surface area contributed by atoms with E-state index in [1.165, 1.54) is 11.3 Å². The number of rotatable bonds is 5. The van der Waals surface area contributed by atoms with Gasteiger partial charge in [-0.2, -0.15) is 5.26 Å². The zero-order valence-electron chi connectivity index (χ0n) is 12.5. The molecule has 114 valence electrons. The van der Waals surface area contributed by atoms with Gasteiger partial charge in [0.05, 0.1) is 11.6 Å². The standard InChI is InChI=1S/C15H16N4O2S/c1-9(2)14-18-19-15(22-14)17-13(20)10(3)21-12-6-4-11(8-16)5-7-12/h4-7,9-10H,1-3H3,(H,17,19,20). The van der Waals surface area contributed by atoms with E-state index in [2.05, 4.69) is 15.5 Å². The number of hydrogen-bond acceptors (Lipinski definition) is 6. The number of nitriles is 1. The first-order valence-corrected chi connectivity index (χ1v) is 7.62. The molecule has 1 atom stereocenters. The first-order chi connectivity index (χ1) is 10.5. The summed E-state index contributed by atoms with van der Waals surface area (Å²) in [4.78, 5) is 12.1. The fraction of sp³-hybridized carbons (Fsp3) is 0.333. The van der Waals surface area contributed by atoms with Crippen molar-refractivity contribution in [2.24, 2.45) is 0 Å². The minimum absolute atomic E-state index is 0.274. The number of carbonyl (C=O) groups is 1. The third-order valence-corrected chi connectivity index (χ3v) is 3.97. The Morgan fingerprint density at radius 1 is 1.27 bits per heavy atom. The lowest BCUT2D eigenvalue weighted by Crippen LogP contribution is -2.30. The maximum absolute atomic E-state index is 12.1. The summed E-state index contributed by atoms with van der Waals surface area (Å²) in [5.74, 6) is 0.507. The van der Waals surface area contributed by atoms with Gasteiger partial charge in [-0.1, -0.05) is 25.2 Å². The van der Waals surface area contributed by atoms with E-state index in [1.807, 2.05) is 19.9 Å². The van der Waals surface area contributed by atoms with Crippen LogP contribution in [0, 0.1) is 11.3 Å². The number of ether oxygens (including phenoxy) is 1. The molecule has 6 nitrogen and oxygen atoms in total. The van der Waals surface area contributed by atoms with Crippen molar-refractivity contribution in [2.75, 3.05) is 5.32 Å². The summed E-state index contributed by atoms with van der Waals surface area (Å²) >= 11 is 1.35. The van der Waals surface area contributed by atoms with Crippen molar-refractivity contribution in [3.05, 3.63) is 34.8 Å². The largest absolute Gasteiger partial charge is 0.481 e. The highest BCUT2D eigenvalue weighted by Crippen LogP contribution is 2.22. The molecule has 0 fully saturated rings. The van der Waals surface area contributed by atoms with Crippen molar-refractivity contribution in [2.45, 2.75) is 32.8 Å². The number of nitrogens with zero attached hydrogens (tertiary/aromatic N) is 3. The Labute approximate surface area is 132 Å². The minimum Gasteiger partial charge on any atom is -0.481 e. The van der Waals surface area contributed by atoms with Gasteiger partial charge >= 0.3 is 0 Å². The van der Waals surface area contributed by atoms with Crippen LogP contribution in [0.1, 0.15) is 37.3 Å². The molecule has 22 heavy (non-hydrogen) atoms. The molecular weight excluding hydrogens is 300 g/mol. The Morgan fingerprint density at radius 3 is 2.50 bits per heavy atom. The number of benzene rings is 1. The topological polar surface area (TPSA) is 87.9 Å². The number of hydrogen-bond donors (Lipinski definition) is 1. The van der Waals surface area contributed by atoms with Gasteiger partial charge in [0.1, 0.15) is 10.8 Å². The van der Waals surface area contributed by atoms with Crippen LogP contribution < -0.4 is 10.1 Å². The molecule has 1 aromatic carbocycles. The van der Waals surface area contributed by atoms with Crippen molar-refractivity contribution in [3.63, 3.8) is 0 Å². The van der Waals surface area contributed by atoms with Crippen LogP contribution in [0.25, 0.3) is 0 Å². The zero-order chi connectivity index (χ0) is 16.1. The van der Waals surface area contributed by atoms with Crippen LogP contribution in [0.2, 0.25) is 0 Å². The monoisotopic (exact) mass is 316 g/mol. The van der Waals surface area contributed by atoms with Gasteiger partial charge in [0.2, 0.25) is 5.13 Å². The van der Waals surface area contributed by atoms with E-state index < -0.39 is 6.10 Å². The van der Waals surface area contributed by atoms with Crippen molar-refractivity contribution < 1.29 is 9.53 Å². The number of aromatic nitrogens is 2. The van der Waals surface area contributed by atoms with Crippen LogP contribution in [-0.2, 0) is 4.79 Å². The van der Waals surface area contributed by atoms with Gasteiger partial charge in [0.25, 0.3) is 5.91 Å². The lowest BCUT2D eigenvalue weighted by Gasteiger charge is -2.13. The fourth-order valence-corrected chi connectivity index (χ4v) is 2.34. The third kappa shape index (κ3) is 4.02. The lowest BCUT2D eigenvalue weighted by atomic mass is 10.2. The molecular formula is C15H16N4O2S.